The molecule has 1 atom stereocenters. The van der Waals surface area contributed by atoms with Crippen molar-refractivity contribution in [1.82, 2.24) is 0 Å². The zero-order valence-electron chi connectivity index (χ0n) is 19.3. The zero-order chi connectivity index (χ0) is 22.3. The van der Waals surface area contributed by atoms with Gasteiger partial charge in [0.2, 0.25) is 0 Å². The molecule has 0 fully saturated rings. The number of benzene rings is 4. The molecule has 0 aliphatic carbocycles. The molecule has 0 saturated carbocycles. The number of hydrogen-bond acceptors (Lipinski definition) is 1. The van der Waals surface area contributed by atoms with Gasteiger partial charge in [0.25, 0.3) is 0 Å². The van der Waals surface area contributed by atoms with Gasteiger partial charge in [0.1, 0.15) is 0 Å². The van der Waals surface area contributed by atoms with Crippen molar-refractivity contribution < 1.29 is 5.02 Å². The normalized spacial score (nSPS) is 11.6. The predicted molar refractivity (Wildman–Crippen MR) is 140 cm³/mol. The van der Waals surface area contributed by atoms with E-state index in [1.807, 2.05) is 0 Å². The molecule has 3 heteroatoms. The van der Waals surface area contributed by atoms with Crippen LogP contribution in [0.2, 0.25) is 0 Å². The Kier molecular flexibility index (Phi) is 6.06. The van der Waals surface area contributed by atoms with Crippen LogP contribution in [0.25, 0.3) is 10.8 Å². The molecule has 1 unspecified atom stereocenters. The minimum absolute atomic E-state index is 0.553. The molecule has 1 nitrogen and oxygen atoms in total. The van der Waals surface area contributed by atoms with E-state index < -0.39 is 6.92 Å². The summed E-state index contributed by atoms with van der Waals surface area (Å²) in [4.78, 5) is 0. The molecule has 0 saturated heterocycles. The summed E-state index contributed by atoms with van der Waals surface area (Å²) in [7, 11) is 0.553. The molecule has 0 aliphatic rings. The second-order valence-electron chi connectivity index (χ2n) is 8.86. The Morgan fingerprint density at radius 1 is 0.677 bits per heavy atom. The van der Waals surface area contributed by atoms with Gasteiger partial charge < -0.3 is 5.02 Å². The maximum Gasteiger partial charge on any atom is 0.360 e. The number of rotatable bonds is 4. The van der Waals surface area contributed by atoms with E-state index in [2.05, 4.69) is 102 Å². The maximum atomic E-state index is 11.6. The summed E-state index contributed by atoms with van der Waals surface area (Å²) in [5.74, 6) is 0. The van der Waals surface area contributed by atoms with Gasteiger partial charge in [-0.05, 0) is 85.0 Å². The lowest BCUT2D eigenvalue weighted by molar-refractivity contribution is 0.600. The van der Waals surface area contributed by atoms with E-state index in [-0.39, 0.29) is 0 Å². The Labute approximate surface area is 188 Å². The highest BCUT2D eigenvalue weighted by Gasteiger charge is 2.24. The lowest BCUT2D eigenvalue weighted by Crippen LogP contribution is -2.46. The van der Waals surface area contributed by atoms with E-state index in [4.69, 9.17) is 0 Å². The SMILES string of the molecule is Cc1cc(C)c(Pc2cccc3cccc(B(O)c4c(C)cc(C)cc4C)c23)c(C)c1. The maximum absolute atomic E-state index is 11.6. The summed E-state index contributed by atoms with van der Waals surface area (Å²) in [6.07, 6.45) is 0. The molecule has 31 heavy (non-hydrogen) atoms. The minimum Gasteiger partial charge on any atom is -0.443 e. The van der Waals surface area contributed by atoms with Crippen LogP contribution in [0.5, 0.6) is 0 Å². The van der Waals surface area contributed by atoms with Crippen LogP contribution in [0.3, 0.4) is 0 Å². The Hall–Kier alpha value is -2.41. The van der Waals surface area contributed by atoms with Gasteiger partial charge in [0.05, 0.1) is 0 Å². The zero-order valence-corrected chi connectivity index (χ0v) is 20.3. The van der Waals surface area contributed by atoms with Gasteiger partial charge in [-0.15, -0.1) is 0 Å². The van der Waals surface area contributed by atoms with Crippen molar-refractivity contribution in [2.45, 2.75) is 41.5 Å². The van der Waals surface area contributed by atoms with Gasteiger partial charge in [-0.25, -0.2) is 0 Å². The molecule has 0 heterocycles. The first-order valence-electron chi connectivity index (χ1n) is 10.9. The Balaban J connectivity index is 1.90. The molecule has 0 radical (unpaired) electrons. The molecule has 0 bridgehead atoms. The van der Waals surface area contributed by atoms with Crippen molar-refractivity contribution >= 4 is 47.8 Å². The molecular weight excluding hydrogens is 394 g/mol. The first kappa shape index (κ1) is 21.8. The summed E-state index contributed by atoms with van der Waals surface area (Å²) in [5.41, 5.74) is 9.54. The first-order valence-corrected chi connectivity index (χ1v) is 11.9. The third-order valence-electron chi connectivity index (χ3n) is 6.18. The smallest absolute Gasteiger partial charge is 0.360 e. The molecule has 0 spiro atoms. The van der Waals surface area contributed by atoms with Crippen LogP contribution in [-0.4, -0.2) is 11.9 Å². The molecular formula is C28H30BOP. The van der Waals surface area contributed by atoms with Crippen LogP contribution < -0.4 is 21.5 Å². The standard InChI is InChI=1S/C28H30BOP/c1-17-13-19(3)27(20(4)14-17)29(30)24-11-7-9-23-10-8-12-25(26(23)24)31-28-21(5)15-18(2)16-22(28)6/h7-16,30-31H,1-6H3. The molecule has 156 valence electrons. The fourth-order valence-electron chi connectivity index (χ4n) is 4.99. The van der Waals surface area contributed by atoms with Crippen molar-refractivity contribution in [2.24, 2.45) is 0 Å². The van der Waals surface area contributed by atoms with E-state index >= 15 is 0 Å². The molecule has 0 amide bonds. The predicted octanol–water partition coefficient (Wildman–Crippen LogP) is 4.42. The molecule has 0 aliphatic heterocycles. The molecule has 0 aromatic heterocycles. The van der Waals surface area contributed by atoms with Crippen molar-refractivity contribution in [3.8, 4) is 0 Å². The highest BCUT2D eigenvalue weighted by Crippen LogP contribution is 2.23. The second-order valence-corrected chi connectivity index (χ2v) is 10.2. The van der Waals surface area contributed by atoms with Crippen LogP contribution in [0.15, 0.2) is 60.7 Å². The Morgan fingerprint density at radius 3 is 1.77 bits per heavy atom. The van der Waals surface area contributed by atoms with Gasteiger partial charge in [0.15, 0.2) is 0 Å². The van der Waals surface area contributed by atoms with Crippen molar-refractivity contribution in [1.29, 1.82) is 0 Å². The number of hydrogen-bond donors (Lipinski definition) is 1. The van der Waals surface area contributed by atoms with Gasteiger partial charge in [-0.2, -0.15) is 0 Å². The van der Waals surface area contributed by atoms with Crippen LogP contribution in [0, 0.1) is 41.5 Å². The summed E-state index contributed by atoms with van der Waals surface area (Å²) < 4.78 is 0. The molecule has 1 N–H and O–H groups in total. The summed E-state index contributed by atoms with van der Waals surface area (Å²) >= 11 is 0. The largest absolute Gasteiger partial charge is 0.443 e. The fourth-order valence-corrected chi connectivity index (χ4v) is 6.39. The number of fused-ring (bicyclic) bond motifs is 1. The summed E-state index contributed by atoms with van der Waals surface area (Å²) in [6.45, 7) is 12.3. The highest BCUT2D eigenvalue weighted by molar-refractivity contribution is 7.56. The topological polar surface area (TPSA) is 20.2 Å². The molecule has 4 rings (SSSR count). The van der Waals surface area contributed by atoms with Gasteiger partial charge in [0, 0.05) is 0 Å². The fraction of sp³-hybridized carbons (Fsp3) is 0.214. The molecule has 4 aromatic rings. The average Bonchev–Trinajstić information content (AvgIpc) is 2.69. The monoisotopic (exact) mass is 424 g/mol. The van der Waals surface area contributed by atoms with Crippen LogP contribution >= 0.6 is 8.58 Å². The number of aryl methyl sites for hydroxylation is 6. The third kappa shape index (κ3) is 4.20. The van der Waals surface area contributed by atoms with E-state index in [0.29, 0.717) is 8.58 Å². The Morgan fingerprint density at radius 2 is 1.19 bits per heavy atom. The van der Waals surface area contributed by atoms with Crippen LogP contribution in [0.4, 0.5) is 0 Å². The van der Waals surface area contributed by atoms with E-state index in [1.54, 1.807) is 0 Å². The van der Waals surface area contributed by atoms with E-state index in [1.165, 1.54) is 43.6 Å². The first-order chi connectivity index (χ1) is 14.8. The summed E-state index contributed by atoms with van der Waals surface area (Å²) in [5, 5.41) is 16.7. The second kappa shape index (κ2) is 8.62. The van der Waals surface area contributed by atoms with Crippen LogP contribution in [-0.2, 0) is 0 Å². The van der Waals surface area contributed by atoms with Crippen molar-refractivity contribution in [3.05, 3.63) is 94.0 Å². The van der Waals surface area contributed by atoms with E-state index in [9.17, 15) is 5.02 Å². The summed E-state index contributed by atoms with van der Waals surface area (Å²) in [6, 6.07) is 21.7. The lowest BCUT2D eigenvalue weighted by atomic mass is 9.52. The highest BCUT2D eigenvalue weighted by atomic mass is 31.1. The van der Waals surface area contributed by atoms with Gasteiger partial charge in [-0.3, -0.25) is 0 Å². The average molecular weight is 424 g/mol. The van der Waals surface area contributed by atoms with E-state index in [0.717, 1.165) is 22.1 Å². The Bertz CT molecular complexity index is 1240. The van der Waals surface area contributed by atoms with Crippen molar-refractivity contribution in [2.75, 3.05) is 0 Å². The quantitative estimate of drug-likeness (QED) is 0.380. The lowest BCUT2D eigenvalue weighted by Gasteiger charge is -2.19. The minimum atomic E-state index is -0.643. The third-order valence-corrected chi connectivity index (χ3v) is 7.90. The van der Waals surface area contributed by atoms with Gasteiger partial charge >= 0.3 is 6.92 Å². The van der Waals surface area contributed by atoms with Crippen LogP contribution in [0.1, 0.15) is 33.4 Å². The van der Waals surface area contributed by atoms with Crippen molar-refractivity contribution in [3.63, 3.8) is 0 Å². The molecule has 4 aromatic carbocycles. The van der Waals surface area contributed by atoms with Gasteiger partial charge in [-0.1, -0.05) is 91.5 Å².